The number of amides is 2. The van der Waals surface area contributed by atoms with Crippen molar-refractivity contribution in [1.29, 1.82) is 0 Å². The van der Waals surface area contributed by atoms with Gasteiger partial charge in [0.2, 0.25) is 5.91 Å². The van der Waals surface area contributed by atoms with Crippen LogP contribution in [0.25, 0.3) is 33.3 Å². The molecule has 2 aromatic heterocycles. The molecule has 196 valence electrons. The predicted molar refractivity (Wildman–Crippen MR) is 145 cm³/mol. The molecule has 2 amide bonds. The molecule has 2 heterocycles. The van der Waals surface area contributed by atoms with E-state index < -0.39 is 17.9 Å². The highest BCUT2D eigenvalue weighted by atomic mass is 16.5. The summed E-state index contributed by atoms with van der Waals surface area (Å²) in [5.41, 5.74) is 9.27. The minimum Gasteiger partial charge on any atom is -0.462 e. The molecule has 5 rings (SSSR count). The van der Waals surface area contributed by atoms with E-state index in [-0.39, 0.29) is 11.7 Å². The summed E-state index contributed by atoms with van der Waals surface area (Å²) in [6, 6.07) is 14.4. The smallest absolute Gasteiger partial charge is 0.338 e. The average molecular weight is 514 g/mol. The van der Waals surface area contributed by atoms with E-state index in [9.17, 15) is 14.4 Å². The molecule has 38 heavy (non-hydrogen) atoms. The Bertz CT molecular complexity index is 1540. The Morgan fingerprint density at radius 2 is 1.82 bits per heavy atom. The van der Waals surface area contributed by atoms with Crippen molar-refractivity contribution >= 4 is 39.7 Å². The monoisotopic (exact) mass is 513 g/mol. The van der Waals surface area contributed by atoms with Gasteiger partial charge in [-0.3, -0.25) is 9.59 Å². The van der Waals surface area contributed by atoms with E-state index in [0.717, 1.165) is 40.6 Å². The molecule has 0 saturated heterocycles. The summed E-state index contributed by atoms with van der Waals surface area (Å²) in [5, 5.41) is 3.41. The fraction of sp³-hybridized carbons (Fsp3) is 0.345. The van der Waals surface area contributed by atoms with Crippen LogP contribution in [-0.4, -0.2) is 45.0 Å². The van der Waals surface area contributed by atoms with Gasteiger partial charge in [-0.2, -0.15) is 0 Å². The maximum atomic E-state index is 12.5. The summed E-state index contributed by atoms with van der Waals surface area (Å²) in [6.45, 7) is 3.64. The van der Waals surface area contributed by atoms with E-state index in [1.807, 2.05) is 30.3 Å². The predicted octanol–water partition coefficient (Wildman–Crippen LogP) is 4.54. The van der Waals surface area contributed by atoms with Crippen molar-refractivity contribution in [3.63, 3.8) is 0 Å². The summed E-state index contributed by atoms with van der Waals surface area (Å²) >= 11 is 0. The molecule has 4 aromatic rings. The standard InChI is InChI=1S/C29H31N5O4/c1-3-38-29(37)20-11-14-25-24(16-20)33-27(34(25)21-7-5-4-6-8-21)19-10-12-22-18(15-19)9-13-23(32-22)28(36)31-17(2)26(30)35/h9-17,21H,3-8H2,1-2H3,(H2,30,35)(H,31,36). The number of nitrogens with two attached hydrogens (primary N) is 1. The normalized spacial score (nSPS) is 14.9. The van der Waals surface area contributed by atoms with Crippen molar-refractivity contribution in [1.82, 2.24) is 19.9 Å². The number of nitrogens with zero attached hydrogens (tertiary/aromatic N) is 3. The Labute approximate surface area is 220 Å². The molecule has 1 aliphatic carbocycles. The van der Waals surface area contributed by atoms with Gasteiger partial charge in [-0.25, -0.2) is 14.8 Å². The third-order valence-corrected chi connectivity index (χ3v) is 7.09. The number of benzene rings is 2. The van der Waals surface area contributed by atoms with Gasteiger partial charge in [0.1, 0.15) is 17.6 Å². The number of fused-ring (bicyclic) bond motifs is 2. The first-order valence-corrected chi connectivity index (χ1v) is 13.1. The summed E-state index contributed by atoms with van der Waals surface area (Å²) in [5.74, 6) is -0.588. The van der Waals surface area contributed by atoms with Crippen molar-refractivity contribution < 1.29 is 19.1 Å². The number of hydrogen-bond donors (Lipinski definition) is 2. The lowest BCUT2D eigenvalue weighted by Crippen LogP contribution is -2.42. The molecule has 9 heteroatoms. The summed E-state index contributed by atoms with van der Waals surface area (Å²) in [7, 11) is 0. The highest BCUT2D eigenvalue weighted by Crippen LogP contribution is 2.37. The molecule has 1 saturated carbocycles. The Balaban J connectivity index is 1.55. The number of rotatable bonds is 7. The maximum absolute atomic E-state index is 12.5. The Kier molecular flexibility index (Phi) is 7.09. The number of carbonyl (C=O) groups is 3. The van der Waals surface area contributed by atoms with Crippen molar-refractivity contribution in [2.45, 2.75) is 58.0 Å². The number of esters is 1. The molecule has 1 atom stereocenters. The number of hydrogen-bond acceptors (Lipinski definition) is 6. The van der Waals surface area contributed by atoms with Crippen LogP contribution in [0.2, 0.25) is 0 Å². The quantitative estimate of drug-likeness (QED) is 0.349. The molecular formula is C29H31N5O4. The zero-order chi connectivity index (χ0) is 26.8. The zero-order valence-corrected chi connectivity index (χ0v) is 21.6. The van der Waals surface area contributed by atoms with Gasteiger partial charge < -0.3 is 20.4 Å². The number of aromatic nitrogens is 3. The van der Waals surface area contributed by atoms with Crippen LogP contribution in [0.15, 0.2) is 48.5 Å². The maximum Gasteiger partial charge on any atom is 0.338 e. The van der Waals surface area contributed by atoms with Crippen LogP contribution in [0.4, 0.5) is 0 Å². The summed E-state index contributed by atoms with van der Waals surface area (Å²) < 4.78 is 7.50. The van der Waals surface area contributed by atoms with Gasteiger partial charge in [0.25, 0.3) is 5.91 Å². The first-order chi connectivity index (χ1) is 18.4. The first kappa shape index (κ1) is 25.4. The lowest BCUT2D eigenvalue weighted by Gasteiger charge is -2.25. The number of nitrogens with one attached hydrogen (secondary N) is 1. The van der Waals surface area contributed by atoms with Gasteiger partial charge in [-0.05, 0) is 69.2 Å². The number of carbonyl (C=O) groups excluding carboxylic acids is 3. The van der Waals surface area contributed by atoms with Crippen LogP contribution < -0.4 is 11.1 Å². The molecule has 0 radical (unpaired) electrons. The molecule has 0 aliphatic heterocycles. The third-order valence-electron chi connectivity index (χ3n) is 7.09. The molecule has 0 bridgehead atoms. The minimum atomic E-state index is -0.792. The van der Waals surface area contributed by atoms with Crippen LogP contribution in [0.3, 0.4) is 0 Å². The molecule has 0 spiro atoms. The number of ether oxygens (including phenoxy) is 1. The lowest BCUT2D eigenvalue weighted by molar-refractivity contribution is -0.119. The molecule has 9 nitrogen and oxygen atoms in total. The first-order valence-electron chi connectivity index (χ1n) is 13.1. The average Bonchev–Trinajstić information content (AvgIpc) is 3.31. The second kappa shape index (κ2) is 10.6. The van der Waals surface area contributed by atoms with Crippen molar-refractivity contribution in [3.8, 4) is 11.4 Å². The molecule has 2 aromatic carbocycles. The van der Waals surface area contributed by atoms with E-state index in [4.69, 9.17) is 15.5 Å². The van der Waals surface area contributed by atoms with Crippen LogP contribution in [0.5, 0.6) is 0 Å². The minimum absolute atomic E-state index is 0.208. The van der Waals surface area contributed by atoms with Gasteiger partial charge in [0.15, 0.2) is 0 Å². The third kappa shape index (κ3) is 4.96. The largest absolute Gasteiger partial charge is 0.462 e. The highest BCUT2D eigenvalue weighted by molar-refractivity contribution is 5.98. The Hall–Kier alpha value is -4.27. The summed E-state index contributed by atoms with van der Waals surface area (Å²) in [6.07, 6.45) is 5.74. The van der Waals surface area contributed by atoms with E-state index in [0.29, 0.717) is 23.7 Å². The van der Waals surface area contributed by atoms with Gasteiger partial charge >= 0.3 is 5.97 Å². The van der Waals surface area contributed by atoms with Crippen LogP contribution >= 0.6 is 0 Å². The fourth-order valence-corrected chi connectivity index (χ4v) is 5.09. The van der Waals surface area contributed by atoms with Crippen molar-refractivity contribution in [3.05, 3.63) is 59.8 Å². The van der Waals surface area contributed by atoms with Gasteiger partial charge in [0.05, 0.1) is 28.7 Å². The van der Waals surface area contributed by atoms with Crippen molar-refractivity contribution in [2.24, 2.45) is 5.73 Å². The molecule has 1 aliphatic rings. The van der Waals surface area contributed by atoms with Gasteiger partial charge in [0, 0.05) is 17.0 Å². The van der Waals surface area contributed by atoms with Crippen LogP contribution in [0.1, 0.15) is 72.8 Å². The second-order valence-electron chi connectivity index (χ2n) is 9.72. The molecule has 1 fully saturated rings. The van der Waals surface area contributed by atoms with Crippen molar-refractivity contribution in [2.75, 3.05) is 6.61 Å². The van der Waals surface area contributed by atoms with E-state index in [2.05, 4.69) is 14.9 Å². The zero-order valence-electron chi connectivity index (χ0n) is 21.6. The second-order valence-corrected chi connectivity index (χ2v) is 9.72. The fourth-order valence-electron chi connectivity index (χ4n) is 5.09. The molecule has 1 unspecified atom stereocenters. The van der Waals surface area contributed by atoms with Gasteiger partial charge in [-0.1, -0.05) is 25.3 Å². The number of primary amides is 1. The highest BCUT2D eigenvalue weighted by Gasteiger charge is 2.23. The molecule has 3 N–H and O–H groups in total. The number of pyridine rings is 1. The SMILES string of the molecule is CCOC(=O)c1ccc2c(c1)nc(-c1ccc3nc(C(=O)NC(C)C(N)=O)ccc3c1)n2C1CCCCC1. The topological polar surface area (TPSA) is 129 Å². The van der Waals surface area contributed by atoms with E-state index in [1.165, 1.54) is 26.2 Å². The van der Waals surface area contributed by atoms with E-state index >= 15 is 0 Å². The van der Waals surface area contributed by atoms with Crippen LogP contribution in [-0.2, 0) is 9.53 Å². The lowest BCUT2D eigenvalue weighted by atomic mass is 9.94. The van der Waals surface area contributed by atoms with Gasteiger partial charge in [-0.15, -0.1) is 0 Å². The van der Waals surface area contributed by atoms with E-state index in [1.54, 1.807) is 25.1 Å². The summed E-state index contributed by atoms with van der Waals surface area (Å²) in [4.78, 5) is 45.6. The number of imidazole rings is 1. The molecular weight excluding hydrogens is 482 g/mol. The Morgan fingerprint density at radius 3 is 2.55 bits per heavy atom. The van der Waals surface area contributed by atoms with Crippen LogP contribution in [0, 0.1) is 0 Å². The Morgan fingerprint density at radius 1 is 1.03 bits per heavy atom.